The summed E-state index contributed by atoms with van der Waals surface area (Å²) in [5.74, 6) is 1.24. The van der Waals surface area contributed by atoms with Crippen molar-refractivity contribution >= 4 is 45.9 Å². The van der Waals surface area contributed by atoms with E-state index >= 15 is 0 Å². The Morgan fingerprint density at radius 1 is 1.06 bits per heavy atom. The highest BCUT2D eigenvalue weighted by atomic mass is 16.1. The number of rotatable bonds is 5. The molecule has 0 spiro atoms. The quantitative estimate of drug-likeness (QED) is 0.406. The molecule has 5 aromatic rings. The zero-order valence-electron chi connectivity index (χ0n) is 18.4. The molecule has 2 heterocycles. The monoisotopic (exact) mass is 434 g/mol. The average Bonchev–Trinajstić information content (AvgIpc) is 3.32. The van der Waals surface area contributed by atoms with Gasteiger partial charge < -0.3 is 10.2 Å². The van der Waals surface area contributed by atoms with Crippen molar-refractivity contribution in [3.8, 4) is 11.1 Å². The van der Waals surface area contributed by atoms with Crippen molar-refractivity contribution in [2.45, 2.75) is 6.92 Å². The Labute approximate surface area is 191 Å². The van der Waals surface area contributed by atoms with Crippen molar-refractivity contribution in [3.05, 3.63) is 85.2 Å². The number of carbonyl (C=O) groups is 1. The number of fused-ring (bicyclic) bond motifs is 3. The summed E-state index contributed by atoms with van der Waals surface area (Å²) in [5.41, 5.74) is 5.87. The predicted octanol–water partition coefficient (Wildman–Crippen LogP) is 5.31. The van der Waals surface area contributed by atoms with Crippen molar-refractivity contribution in [2.24, 2.45) is 0 Å². The van der Waals surface area contributed by atoms with Gasteiger partial charge in [-0.25, -0.2) is 0 Å². The Morgan fingerprint density at radius 3 is 2.64 bits per heavy atom. The zero-order valence-corrected chi connectivity index (χ0v) is 18.4. The van der Waals surface area contributed by atoms with Crippen LogP contribution >= 0.6 is 0 Å². The molecule has 2 aromatic heterocycles. The molecule has 0 fully saturated rings. The van der Waals surface area contributed by atoms with E-state index in [-0.39, 0.29) is 5.91 Å². The first-order valence-corrected chi connectivity index (χ1v) is 10.5. The van der Waals surface area contributed by atoms with Crippen LogP contribution in [0.3, 0.4) is 0 Å². The second kappa shape index (κ2) is 8.20. The van der Waals surface area contributed by atoms with Crippen LogP contribution in [-0.4, -0.2) is 32.5 Å². The summed E-state index contributed by atoms with van der Waals surface area (Å²) in [6, 6.07) is 22.2. The van der Waals surface area contributed by atoms with E-state index in [1.807, 2.05) is 53.9 Å². The molecule has 3 aromatic carbocycles. The van der Waals surface area contributed by atoms with Crippen LogP contribution in [0.15, 0.2) is 79.6 Å². The third-order valence-electron chi connectivity index (χ3n) is 5.58. The SMILES string of the molecule is C=Cc1ccc2c(N(C)c3cccc(-c4ccc(NC(C)=O)cc4)c3)nc3nncn3c2c1. The average molecular weight is 435 g/mol. The van der Waals surface area contributed by atoms with Crippen LogP contribution in [0, 0.1) is 0 Å². The Morgan fingerprint density at radius 2 is 1.88 bits per heavy atom. The number of nitrogens with zero attached hydrogens (tertiary/aromatic N) is 5. The molecule has 0 saturated carbocycles. The van der Waals surface area contributed by atoms with Crippen LogP contribution in [0.1, 0.15) is 12.5 Å². The topological polar surface area (TPSA) is 75.4 Å². The fraction of sp³-hybridized carbons (Fsp3) is 0.0769. The molecule has 0 unspecified atom stereocenters. The fourth-order valence-corrected chi connectivity index (χ4v) is 3.92. The number of aromatic nitrogens is 4. The number of nitrogens with one attached hydrogen (secondary N) is 1. The minimum absolute atomic E-state index is 0.0871. The predicted molar refractivity (Wildman–Crippen MR) is 133 cm³/mol. The largest absolute Gasteiger partial charge is 0.329 e. The van der Waals surface area contributed by atoms with Crippen LogP contribution in [-0.2, 0) is 4.79 Å². The molecule has 1 N–H and O–H groups in total. The Bertz CT molecular complexity index is 1500. The third-order valence-corrected chi connectivity index (χ3v) is 5.58. The summed E-state index contributed by atoms with van der Waals surface area (Å²) >= 11 is 0. The maximum Gasteiger partial charge on any atom is 0.257 e. The molecule has 7 heteroatoms. The van der Waals surface area contributed by atoms with Crippen molar-refractivity contribution < 1.29 is 4.79 Å². The van der Waals surface area contributed by atoms with Crippen LogP contribution in [0.4, 0.5) is 17.2 Å². The van der Waals surface area contributed by atoms with Crippen LogP contribution in [0.25, 0.3) is 33.9 Å². The molecule has 0 bridgehead atoms. The first-order valence-electron chi connectivity index (χ1n) is 10.5. The smallest absolute Gasteiger partial charge is 0.257 e. The summed E-state index contributed by atoms with van der Waals surface area (Å²) in [6.07, 6.45) is 3.49. The number of amides is 1. The van der Waals surface area contributed by atoms with Gasteiger partial charge in [-0.2, -0.15) is 4.98 Å². The van der Waals surface area contributed by atoms with Crippen LogP contribution in [0.2, 0.25) is 0 Å². The highest BCUT2D eigenvalue weighted by Gasteiger charge is 2.15. The Kier molecular flexibility index (Phi) is 5.06. The summed E-state index contributed by atoms with van der Waals surface area (Å²) in [4.78, 5) is 18.1. The van der Waals surface area contributed by atoms with E-state index in [0.29, 0.717) is 5.78 Å². The molecule has 0 atom stereocenters. The maximum absolute atomic E-state index is 11.3. The second-order valence-electron chi connectivity index (χ2n) is 7.78. The van der Waals surface area contributed by atoms with Gasteiger partial charge in [0, 0.05) is 30.7 Å². The van der Waals surface area contributed by atoms with Crippen LogP contribution < -0.4 is 10.2 Å². The molecule has 1 amide bonds. The lowest BCUT2D eigenvalue weighted by atomic mass is 10.0. The van der Waals surface area contributed by atoms with E-state index in [4.69, 9.17) is 4.98 Å². The van der Waals surface area contributed by atoms with Gasteiger partial charge in [-0.1, -0.05) is 43.0 Å². The van der Waals surface area contributed by atoms with Gasteiger partial charge in [-0.15, -0.1) is 10.2 Å². The van der Waals surface area contributed by atoms with Crippen molar-refractivity contribution in [3.63, 3.8) is 0 Å². The number of benzene rings is 3. The van der Waals surface area contributed by atoms with Gasteiger partial charge >= 0.3 is 0 Å². The molecule has 33 heavy (non-hydrogen) atoms. The van der Waals surface area contributed by atoms with Gasteiger partial charge in [0.2, 0.25) is 5.91 Å². The lowest BCUT2D eigenvalue weighted by Gasteiger charge is -2.21. The molecule has 0 aliphatic heterocycles. The standard InChI is InChI=1S/C26H22N6O/c1-4-18-8-13-23-24(14-18)32-16-27-30-26(32)29-25(23)31(3)22-7-5-6-20(15-22)19-9-11-21(12-10-19)28-17(2)33/h4-16H,1H2,2-3H3,(H,28,33). The molecule has 0 saturated heterocycles. The second-order valence-corrected chi connectivity index (χ2v) is 7.78. The molecular formula is C26H22N6O. The van der Waals surface area contributed by atoms with E-state index < -0.39 is 0 Å². The molecule has 0 radical (unpaired) electrons. The normalized spacial score (nSPS) is 11.0. The highest BCUT2D eigenvalue weighted by molar-refractivity contribution is 5.94. The van der Waals surface area contributed by atoms with E-state index in [2.05, 4.69) is 57.3 Å². The zero-order chi connectivity index (χ0) is 22.9. The van der Waals surface area contributed by atoms with Gasteiger partial charge in [-0.05, 0) is 53.1 Å². The minimum Gasteiger partial charge on any atom is -0.329 e. The van der Waals surface area contributed by atoms with Crippen molar-refractivity contribution in [1.82, 2.24) is 19.6 Å². The van der Waals surface area contributed by atoms with Gasteiger partial charge in [0.15, 0.2) is 0 Å². The molecular weight excluding hydrogens is 412 g/mol. The third kappa shape index (κ3) is 3.80. The lowest BCUT2D eigenvalue weighted by Crippen LogP contribution is -2.13. The minimum atomic E-state index is -0.0871. The molecule has 0 aliphatic rings. The van der Waals surface area contributed by atoms with E-state index in [0.717, 1.165) is 44.8 Å². The molecule has 7 nitrogen and oxygen atoms in total. The molecule has 5 rings (SSSR count). The molecule has 0 aliphatic carbocycles. The van der Waals surface area contributed by atoms with Gasteiger partial charge in [0.1, 0.15) is 12.1 Å². The van der Waals surface area contributed by atoms with Gasteiger partial charge in [0.05, 0.1) is 5.52 Å². The van der Waals surface area contributed by atoms with E-state index in [9.17, 15) is 4.79 Å². The van der Waals surface area contributed by atoms with Crippen molar-refractivity contribution in [1.29, 1.82) is 0 Å². The summed E-state index contributed by atoms with van der Waals surface area (Å²) in [5, 5.41) is 12.0. The van der Waals surface area contributed by atoms with Gasteiger partial charge in [0.25, 0.3) is 5.78 Å². The number of hydrogen-bond donors (Lipinski definition) is 1. The summed E-state index contributed by atoms with van der Waals surface area (Å²) in [6.45, 7) is 5.38. The number of anilines is 3. The Balaban J connectivity index is 1.56. The first-order chi connectivity index (χ1) is 16.0. The van der Waals surface area contributed by atoms with E-state index in [1.165, 1.54) is 6.92 Å². The lowest BCUT2D eigenvalue weighted by molar-refractivity contribution is -0.114. The van der Waals surface area contributed by atoms with Crippen molar-refractivity contribution in [2.75, 3.05) is 17.3 Å². The fourth-order valence-electron chi connectivity index (χ4n) is 3.92. The summed E-state index contributed by atoms with van der Waals surface area (Å²) < 4.78 is 1.88. The molecule has 162 valence electrons. The van der Waals surface area contributed by atoms with Crippen LogP contribution in [0.5, 0.6) is 0 Å². The summed E-state index contributed by atoms with van der Waals surface area (Å²) in [7, 11) is 2.00. The number of hydrogen-bond acceptors (Lipinski definition) is 5. The number of carbonyl (C=O) groups excluding carboxylic acids is 1. The first kappa shape index (κ1) is 20.4. The van der Waals surface area contributed by atoms with Gasteiger partial charge in [-0.3, -0.25) is 9.20 Å². The highest BCUT2D eigenvalue weighted by Crippen LogP contribution is 2.33. The van der Waals surface area contributed by atoms with E-state index in [1.54, 1.807) is 6.33 Å². The Hall–Kier alpha value is -4.52. The maximum atomic E-state index is 11.3.